The van der Waals surface area contributed by atoms with E-state index in [1.165, 1.54) is 12.1 Å². The highest BCUT2D eigenvalue weighted by atomic mass is 16.7. The van der Waals surface area contributed by atoms with Crippen LogP contribution in [0.2, 0.25) is 0 Å². The number of carbonyl (C=O) groups excluding carboxylic acids is 1. The highest BCUT2D eigenvalue weighted by molar-refractivity contribution is 6.55. The van der Waals surface area contributed by atoms with Crippen LogP contribution < -0.4 is 19.8 Å². The van der Waals surface area contributed by atoms with Gasteiger partial charge in [-0.15, -0.1) is 0 Å². The Morgan fingerprint density at radius 1 is 0.925 bits per heavy atom. The van der Waals surface area contributed by atoms with Crippen molar-refractivity contribution in [1.29, 1.82) is 0 Å². The van der Waals surface area contributed by atoms with Gasteiger partial charge < -0.3 is 19.7 Å². The number of phenols is 1. The number of hydrazone groups is 1. The van der Waals surface area contributed by atoms with Gasteiger partial charge in [-0.3, -0.25) is 15.1 Å². The average Bonchev–Trinajstić information content (AvgIpc) is 3.22. The maximum Gasteiger partial charge on any atom is 0.511 e. The van der Waals surface area contributed by atoms with Crippen molar-refractivity contribution in [3.63, 3.8) is 0 Å². The first kappa shape index (κ1) is 26.3. The molecule has 9 nitrogen and oxygen atoms in total. The molecule has 0 saturated carbocycles. The summed E-state index contributed by atoms with van der Waals surface area (Å²) in [5.41, 5.74) is 7.33. The lowest BCUT2D eigenvalue weighted by Crippen LogP contribution is -2.26. The number of methoxy groups -OCH3 is 1. The third kappa shape index (κ3) is 5.04. The van der Waals surface area contributed by atoms with Crippen LogP contribution in [-0.2, 0) is 4.79 Å². The number of hydrogen-bond acceptors (Lipinski definition) is 7. The summed E-state index contributed by atoms with van der Waals surface area (Å²) in [6.45, 7) is 4.22. The van der Waals surface area contributed by atoms with Gasteiger partial charge in [-0.1, -0.05) is 50.2 Å². The summed E-state index contributed by atoms with van der Waals surface area (Å²) in [5.74, 6) is 0.590. The van der Waals surface area contributed by atoms with Crippen LogP contribution in [-0.4, -0.2) is 35.1 Å². The Kier molecular flexibility index (Phi) is 7.11. The zero-order valence-corrected chi connectivity index (χ0v) is 22.1. The van der Waals surface area contributed by atoms with Crippen molar-refractivity contribution in [3.8, 4) is 28.4 Å². The molecule has 1 amide bonds. The first-order valence-electron chi connectivity index (χ1n) is 12.6. The van der Waals surface area contributed by atoms with Crippen molar-refractivity contribution in [2.75, 3.05) is 17.4 Å². The van der Waals surface area contributed by atoms with Gasteiger partial charge in [0, 0.05) is 16.8 Å². The Bertz CT molecular complexity index is 1630. The molecule has 3 N–H and O–H groups in total. The molecular formula is C31H27N3O6. The van der Waals surface area contributed by atoms with E-state index >= 15 is 0 Å². The zero-order chi connectivity index (χ0) is 28.4. The number of fused-ring (bicyclic) bond motifs is 1. The Labute approximate surface area is 230 Å². The van der Waals surface area contributed by atoms with Crippen molar-refractivity contribution in [1.82, 2.24) is 0 Å². The third-order valence-corrected chi connectivity index (χ3v) is 6.60. The second-order valence-corrected chi connectivity index (χ2v) is 9.44. The number of anilines is 3. The Balaban J connectivity index is 1.50. The van der Waals surface area contributed by atoms with Crippen molar-refractivity contribution < 1.29 is 29.3 Å². The summed E-state index contributed by atoms with van der Waals surface area (Å²) in [4.78, 5) is 26.2. The number of nitrogens with one attached hydrogen (secondary N) is 1. The molecule has 0 aromatic heterocycles. The molecule has 1 aliphatic heterocycles. The lowest BCUT2D eigenvalue weighted by atomic mass is 10.0. The highest BCUT2D eigenvalue weighted by Gasteiger charge is 2.36. The number of carboxylic acid groups (broad SMARTS) is 1. The van der Waals surface area contributed by atoms with E-state index in [1.54, 1.807) is 54.5 Å². The number of aromatic hydroxyl groups is 1. The van der Waals surface area contributed by atoms with E-state index in [1.807, 2.05) is 30.3 Å². The van der Waals surface area contributed by atoms with Gasteiger partial charge in [-0.25, -0.2) is 4.79 Å². The van der Waals surface area contributed by atoms with Crippen LogP contribution in [0.15, 0.2) is 90.0 Å². The molecule has 202 valence electrons. The summed E-state index contributed by atoms with van der Waals surface area (Å²) < 4.78 is 10.1. The topological polar surface area (TPSA) is 121 Å². The normalized spacial score (nSPS) is 13.4. The lowest BCUT2D eigenvalue weighted by molar-refractivity contribution is -0.111. The van der Waals surface area contributed by atoms with Gasteiger partial charge in [-0.2, -0.15) is 5.10 Å². The van der Waals surface area contributed by atoms with Crippen LogP contribution >= 0.6 is 0 Å². The van der Waals surface area contributed by atoms with E-state index in [0.717, 1.165) is 5.56 Å². The van der Waals surface area contributed by atoms with Crippen LogP contribution in [0.3, 0.4) is 0 Å². The minimum atomic E-state index is -1.43. The molecule has 9 heteroatoms. The molecular weight excluding hydrogens is 510 g/mol. The maximum atomic E-state index is 13.7. The van der Waals surface area contributed by atoms with Gasteiger partial charge in [0.1, 0.15) is 17.2 Å². The minimum Gasteiger partial charge on any atom is -0.505 e. The number of carbonyl (C=O) groups is 2. The largest absolute Gasteiger partial charge is 0.511 e. The fourth-order valence-electron chi connectivity index (χ4n) is 4.54. The monoisotopic (exact) mass is 537 g/mol. The van der Waals surface area contributed by atoms with Crippen LogP contribution in [0.1, 0.15) is 30.9 Å². The molecule has 1 aliphatic rings. The molecule has 0 saturated heterocycles. The van der Waals surface area contributed by atoms with Crippen LogP contribution in [0.5, 0.6) is 17.2 Å². The molecule has 0 radical (unpaired) electrons. The van der Waals surface area contributed by atoms with Crippen LogP contribution in [0, 0.1) is 0 Å². The first-order valence-corrected chi connectivity index (χ1v) is 12.6. The van der Waals surface area contributed by atoms with E-state index in [4.69, 9.17) is 14.6 Å². The molecule has 4 aromatic carbocycles. The van der Waals surface area contributed by atoms with Gasteiger partial charge in [0.25, 0.3) is 5.91 Å². The molecule has 0 atom stereocenters. The second-order valence-electron chi connectivity index (χ2n) is 9.44. The summed E-state index contributed by atoms with van der Waals surface area (Å²) >= 11 is 0. The van der Waals surface area contributed by atoms with E-state index in [0.29, 0.717) is 39.7 Å². The average molecular weight is 538 g/mol. The number of amides is 1. The van der Waals surface area contributed by atoms with E-state index < -0.39 is 6.16 Å². The number of nitrogens with zero attached hydrogens (tertiary/aromatic N) is 2. The van der Waals surface area contributed by atoms with Crippen molar-refractivity contribution in [2.45, 2.75) is 19.8 Å². The van der Waals surface area contributed by atoms with E-state index in [9.17, 15) is 14.7 Å². The Hall–Kier alpha value is -5.31. The zero-order valence-electron chi connectivity index (χ0n) is 22.1. The highest BCUT2D eigenvalue weighted by Crippen LogP contribution is 2.40. The van der Waals surface area contributed by atoms with Gasteiger partial charge in [0.2, 0.25) is 0 Å². The quantitative estimate of drug-likeness (QED) is 0.103. The van der Waals surface area contributed by atoms with Gasteiger partial charge in [-0.05, 0) is 65.6 Å². The number of hydrogen-bond donors (Lipinski definition) is 3. The summed E-state index contributed by atoms with van der Waals surface area (Å²) in [6.07, 6.45) is -1.43. The fourth-order valence-corrected chi connectivity index (χ4v) is 4.54. The van der Waals surface area contributed by atoms with Gasteiger partial charge in [0.15, 0.2) is 5.71 Å². The SMILES string of the molecule is COc1ccc2c(c1)C(=NNc1cccc(-c3cccc(OC(=O)O)c3)c1O)C(=O)N2c1ccc(C(C)C)cc1. The number of rotatable bonds is 7. The third-order valence-electron chi connectivity index (χ3n) is 6.60. The maximum absolute atomic E-state index is 13.7. The number of phenolic OH excluding ortho intramolecular Hbond substituents is 1. The molecule has 0 unspecified atom stereocenters. The van der Waals surface area contributed by atoms with Crippen molar-refractivity contribution >= 4 is 34.8 Å². The predicted molar refractivity (Wildman–Crippen MR) is 153 cm³/mol. The van der Waals surface area contributed by atoms with Crippen LogP contribution in [0.4, 0.5) is 21.9 Å². The second kappa shape index (κ2) is 10.8. The standard InChI is InChI=1S/C31H27N3O6/c1-18(2)19-10-12-21(13-11-19)34-27-15-14-22(39-3)17-25(27)28(30(34)36)33-32-26-9-5-8-24(29(26)35)20-6-4-7-23(16-20)40-31(37)38/h4-18,32,35H,1-3H3,(H,37,38). The molecule has 0 spiro atoms. The number of ether oxygens (including phenoxy) is 2. The van der Waals surface area contributed by atoms with E-state index in [-0.39, 0.29) is 28.8 Å². The van der Waals surface area contributed by atoms with Gasteiger partial charge >= 0.3 is 6.16 Å². The summed E-state index contributed by atoms with van der Waals surface area (Å²) in [7, 11) is 1.55. The smallest absolute Gasteiger partial charge is 0.505 e. The Morgan fingerprint density at radius 3 is 2.38 bits per heavy atom. The first-order chi connectivity index (χ1) is 19.3. The lowest BCUT2D eigenvalue weighted by Gasteiger charge is -2.18. The molecule has 0 fully saturated rings. The molecule has 0 bridgehead atoms. The summed E-state index contributed by atoms with van der Waals surface area (Å²) in [5, 5.41) is 24.4. The summed E-state index contributed by atoms with van der Waals surface area (Å²) in [6, 6.07) is 24.5. The Morgan fingerprint density at radius 2 is 1.68 bits per heavy atom. The van der Waals surface area contributed by atoms with Crippen molar-refractivity contribution in [2.24, 2.45) is 5.10 Å². The molecule has 40 heavy (non-hydrogen) atoms. The van der Waals surface area contributed by atoms with Crippen LogP contribution in [0.25, 0.3) is 11.1 Å². The van der Waals surface area contributed by atoms with Gasteiger partial charge in [0.05, 0.1) is 18.5 Å². The fraction of sp³-hybridized carbons (Fsp3) is 0.129. The molecule has 5 rings (SSSR count). The van der Waals surface area contributed by atoms with E-state index in [2.05, 4.69) is 24.4 Å². The molecule has 0 aliphatic carbocycles. The molecule has 1 heterocycles. The minimum absolute atomic E-state index is 0.117. The van der Waals surface area contributed by atoms with Crippen molar-refractivity contribution in [3.05, 3.63) is 96.1 Å². The number of benzene rings is 4. The number of para-hydroxylation sites is 1. The molecule has 4 aromatic rings. The predicted octanol–water partition coefficient (Wildman–Crippen LogP) is 6.74.